The lowest BCUT2D eigenvalue weighted by atomic mass is 10.2. The van der Waals surface area contributed by atoms with Crippen molar-refractivity contribution >= 4 is 11.6 Å². The summed E-state index contributed by atoms with van der Waals surface area (Å²) >= 11 is 0. The summed E-state index contributed by atoms with van der Waals surface area (Å²) in [6, 6.07) is 13.6. The summed E-state index contributed by atoms with van der Waals surface area (Å²) in [7, 11) is 4.95. The van der Waals surface area contributed by atoms with Gasteiger partial charge in [-0.25, -0.2) is 0 Å². The Morgan fingerprint density at radius 2 is 1.76 bits per heavy atom. The molecule has 0 atom stereocenters. The Morgan fingerprint density at radius 3 is 2.44 bits per heavy atom. The van der Waals surface area contributed by atoms with Gasteiger partial charge in [0.15, 0.2) is 17.5 Å². The first kappa shape index (κ1) is 18.4. The number of rotatable bonds is 7. The zero-order valence-electron chi connectivity index (χ0n) is 15.1. The van der Waals surface area contributed by atoms with Gasteiger partial charge in [0.2, 0.25) is 0 Å². The number of hydrogen-bond acceptors (Lipinski definition) is 4. The Kier molecular flexibility index (Phi) is 6.95. The molecule has 0 fully saturated rings. The lowest BCUT2D eigenvalue weighted by Gasteiger charge is -2.15. The Labute approximate surface area is 148 Å². The van der Waals surface area contributed by atoms with Crippen molar-refractivity contribution in [3.8, 4) is 17.2 Å². The summed E-state index contributed by atoms with van der Waals surface area (Å²) < 4.78 is 16.2. The molecule has 0 heterocycles. The van der Waals surface area contributed by atoms with Crippen LogP contribution in [0.4, 0.5) is 5.69 Å². The van der Waals surface area contributed by atoms with E-state index in [1.807, 2.05) is 49.4 Å². The fourth-order valence-corrected chi connectivity index (χ4v) is 2.35. The van der Waals surface area contributed by atoms with Crippen molar-refractivity contribution in [3.63, 3.8) is 0 Å². The van der Waals surface area contributed by atoms with Crippen LogP contribution in [0, 0.1) is 0 Å². The lowest BCUT2D eigenvalue weighted by Crippen LogP contribution is -2.30. The average Bonchev–Trinajstić information content (AvgIpc) is 2.66. The van der Waals surface area contributed by atoms with Crippen LogP contribution in [-0.2, 0) is 6.54 Å². The molecule has 2 aromatic rings. The predicted octanol–water partition coefficient (Wildman–Crippen LogP) is 3.29. The number of guanidine groups is 1. The van der Waals surface area contributed by atoms with E-state index >= 15 is 0 Å². The van der Waals surface area contributed by atoms with E-state index < -0.39 is 0 Å². The van der Waals surface area contributed by atoms with Gasteiger partial charge in [-0.2, -0.15) is 0 Å². The van der Waals surface area contributed by atoms with Crippen LogP contribution in [-0.4, -0.2) is 33.8 Å². The van der Waals surface area contributed by atoms with Crippen LogP contribution < -0.4 is 24.8 Å². The molecule has 6 heteroatoms. The highest BCUT2D eigenvalue weighted by Crippen LogP contribution is 2.29. The van der Waals surface area contributed by atoms with Gasteiger partial charge in [0.25, 0.3) is 0 Å². The van der Waals surface area contributed by atoms with E-state index in [2.05, 4.69) is 15.6 Å². The second-order valence-corrected chi connectivity index (χ2v) is 5.16. The molecule has 0 spiro atoms. The van der Waals surface area contributed by atoms with Crippen LogP contribution in [0.5, 0.6) is 17.2 Å². The fraction of sp³-hybridized carbons (Fsp3) is 0.316. The highest BCUT2D eigenvalue weighted by atomic mass is 16.5. The number of anilines is 1. The fourth-order valence-electron chi connectivity index (χ4n) is 2.35. The third-order valence-corrected chi connectivity index (χ3v) is 3.59. The number of benzene rings is 2. The van der Waals surface area contributed by atoms with Gasteiger partial charge in [0.05, 0.1) is 20.8 Å². The molecule has 0 saturated carbocycles. The van der Waals surface area contributed by atoms with Crippen molar-refractivity contribution in [1.82, 2.24) is 5.32 Å². The van der Waals surface area contributed by atoms with Crippen molar-refractivity contribution in [2.45, 2.75) is 13.5 Å². The molecular weight excluding hydrogens is 318 g/mol. The monoisotopic (exact) mass is 343 g/mol. The molecule has 0 amide bonds. The first-order valence-electron chi connectivity index (χ1n) is 8.12. The van der Waals surface area contributed by atoms with Gasteiger partial charge in [0.1, 0.15) is 5.75 Å². The van der Waals surface area contributed by atoms with E-state index in [1.54, 1.807) is 21.3 Å². The van der Waals surface area contributed by atoms with Crippen LogP contribution in [0.25, 0.3) is 0 Å². The summed E-state index contributed by atoms with van der Waals surface area (Å²) in [4.78, 5) is 4.25. The number of hydrogen-bond donors (Lipinski definition) is 2. The number of nitrogens with one attached hydrogen (secondary N) is 2. The Hall–Kier alpha value is -2.89. The molecule has 0 aliphatic rings. The molecule has 0 aliphatic carbocycles. The van der Waals surface area contributed by atoms with Crippen LogP contribution >= 0.6 is 0 Å². The summed E-state index contributed by atoms with van der Waals surface area (Å²) in [5.74, 6) is 2.86. The summed E-state index contributed by atoms with van der Waals surface area (Å²) in [5.41, 5.74) is 1.92. The minimum Gasteiger partial charge on any atom is -0.494 e. The summed E-state index contributed by atoms with van der Waals surface area (Å²) in [6.07, 6.45) is 0. The Balaban J connectivity index is 2.04. The van der Waals surface area contributed by atoms with Crippen molar-refractivity contribution < 1.29 is 14.2 Å². The van der Waals surface area contributed by atoms with Crippen molar-refractivity contribution in [2.75, 3.05) is 33.2 Å². The molecular formula is C19H25N3O3. The highest BCUT2D eigenvalue weighted by molar-refractivity contribution is 5.93. The van der Waals surface area contributed by atoms with Crippen molar-refractivity contribution in [2.24, 2.45) is 4.99 Å². The largest absolute Gasteiger partial charge is 0.494 e. The van der Waals surface area contributed by atoms with E-state index in [9.17, 15) is 0 Å². The molecule has 2 aromatic carbocycles. The SMILES string of the molecule is CCOc1ccccc1CNC(=NC)Nc1ccc(OC)c(OC)c1. The maximum atomic E-state index is 5.65. The number of para-hydroxylation sites is 1. The second kappa shape index (κ2) is 9.42. The highest BCUT2D eigenvalue weighted by Gasteiger charge is 2.07. The zero-order valence-corrected chi connectivity index (χ0v) is 15.1. The minimum atomic E-state index is 0.600. The molecule has 134 valence electrons. The second-order valence-electron chi connectivity index (χ2n) is 5.16. The minimum absolute atomic E-state index is 0.600. The van der Waals surface area contributed by atoms with Gasteiger partial charge in [-0.3, -0.25) is 4.99 Å². The first-order chi connectivity index (χ1) is 12.2. The maximum absolute atomic E-state index is 5.65. The quantitative estimate of drug-likeness (QED) is 0.597. The zero-order chi connectivity index (χ0) is 18.1. The molecule has 2 rings (SSSR count). The van der Waals surface area contributed by atoms with Crippen LogP contribution in [0.3, 0.4) is 0 Å². The normalized spacial score (nSPS) is 11.0. The third-order valence-electron chi connectivity index (χ3n) is 3.59. The number of ether oxygens (including phenoxy) is 3. The molecule has 0 aromatic heterocycles. The van der Waals surface area contributed by atoms with E-state index in [4.69, 9.17) is 14.2 Å². The van der Waals surface area contributed by atoms with E-state index in [0.29, 0.717) is 30.6 Å². The molecule has 0 radical (unpaired) electrons. The summed E-state index contributed by atoms with van der Waals surface area (Å²) in [5, 5.41) is 6.52. The topological polar surface area (TPSA) is 64.1 Å². The van der Waals surface area contributed by atoms with E-state index in [1.165, 1.54) is 0 Å². The molecule has 2 N–H and O–H groups in total. The average molecular weight is 343 g/mol. The van der Waals surface area contributed by atoms with Gasteiger partial charge in [-0.1, -0.05) is 18.2 Å². The van der Waals surface area contributed by atoms with Gasteiger partial charge >= 0.3 is 0 Å². The van der Waals surface area contributed by atoms with Crippen molar-refractivity contribution in [1.29, 1.82) is 0 Å². The molecule has 0 unspecified atom stereocenters. The van der Waals surface area contributed by atoms with E-state index in [-0.39, 0.29) is 0 Å². The van der Waals surface area contributed by atoms with E-state index in [0.717, 1.165) is 17.0 Å². The maximum Gasteiger partial charge on any atom is 0.195 e. The standard InChI is InChI=1S/C19H25N3O3/c1-5-25-16-9-7-6-8-14(16)13-21-19(20-2)22-15-10-11-17(23-3)18(12-15)24-4/h6-12H,5,13H2,1-4H3,(H2,20,21,22). The van der Waals surface area contributed by atoms with Gasteiger partial charge < -0.3 is 24.8 Å². The van der Waals surface area contributed by atoms with Crippen LogP contribution in [0.2, 0.25) is 0 Å². The Bertz CT molecular complexity index is 717. The van der Waals surface area contributed by atoms with Gasteiger partial charge in [-0.15, -0.1) is 0 Å². The first-order valence-corrected chi connectivity index (χ1v) is 8.12. The van der Waals surface area contributed by atoms with Gasteiger partial charge in [-0.05, 0) is 25.1 Å². The molecule has 0 aliphatic heterocycles. The smallest absolute Gasteiger partial charge is 0.195 e. The van der Waals surface area contributed by atoms with Crippen LogP contribution in [0.15, 0.2) is 47.5 Å². The van der Waals surface area contributed by atoms with Gasteiger partial charge in [0, 0.05) is 30.9 Å². The number of nitrogens with zero attached hydrogens (tertiary/aromatic N) is 1. The van der Waals surface area contributed by atoms with Crippen LogP contribution in [0.1, 0.15) is 12.5 Å². The number of aliphatic imine (C=N–C) groups is 1. The predicted molar refractivity (Wildman–Crippen MR) is 101 cm³/mol. The lowest BCUT2D eigenvalue weighted by molar-refractivity contribution is 0.336. The third kappa shape index (κ3) is 5.04. The Morgan fingerprint density at radius 1 is 1.00 bits per heavy atom. The molecule has 0 bridgehead atoms. The van der Waals surface area contributed by atoms with Crippen molar-refractivity contribution in [3.05, 3.63) is 48.0 Å². The molecule has 25 heavy (non-hydrogen) atoms. The summed E-state index contributed by atoms with van der Waals surface area (Å²) in [6.45, 7) is 3.21. The number of methoxy groups -OCH3 is 2. The molecule has 0 saturated heterocycles. The molecule has 6 nitrogen and oxygen atoms in total.